The number of rotatable bonds is 17. The Bertz CT molecular complexity index is 1380. The molecule has 246 valence electrons. The fraction of sp³-hybridized carbons (Fsp3) is 0.421. The minimum absolute atomic E-state index is 0.0292. The SMILES string of the molecule is COc1ccc(O[C@H]2C=C[C@@H](c3ccccc3)O[C@H]2COC(=O)CCC(C)=NOC[C@@H](C)[C@H](OCc2ccccc2)C(C)C)cc1. The molecule has 1 aliphatic heterocycles. The summed E-state index contributed by atoms with van der Waals surface area (Å²) in [5.41, 5.74) is 2.88. The molecule has 0 aliphatic carbocycles. The van der Waals surface area contributed by atoms with Gasteiger partial charge in [-0.3, -0.25) is 4.79 Å². The van der Waals surface area contributed by atoms with E-state index in [1.165, 1.54) is 0 Å². The Morgan fingerprint density at radius 2 is 1.54 bits per heavy atom. The van der Waals surface area contributed by atoms with Crippen LogP contribution in [-0.2, 0) is 30.4 Å². The van der Waals surface area contributed by atoms with Crippen LogP contribution in [0.3, 0.4) is 0 Å². The molecule has 0 bridgehead atoms. The molecule has 0 saturated heterocycles. The van der Waals surface area contributed by atoms with Gasteiger partial charge in [0.2, 0.25) is 0 Å². The molecule has 0 radical (unpaired) electrons. The minimum atomic E-state index is -0.501. The molecule has 8 nitrogen and oxygen atoms in total. The minimum Gasteiger partial charge on any atom is -0.497 e. The van der Waals surface area contributed by atoms with Gasteiger partial charge in [0.15, 0.2) is 0 Å². The van der Waals surface area contributed by atoms with Gasteiger partial charge in [-0.05, 0) is 60.7 Å². The lowest BCUT2D eigenvalue weighted by Crippen LogP contribution is -2.40. The van der Waals surface area contributed by atoms with Crippen LogP contribution in [0.25, 0.3) is 0 Å². The Morgan fingerprint density at radius 3 is 2.22 bits per heavy atom. The zero-order valence-corrected chi connectivity index (χ0v) is 27.5. The molecule has 0 fully saturated rings. The molecule has 4 rings (SSSR count). The molecule has 0 amide bonds. The summed E-state index contributed by atoms with van der Waals surface area (Å²) >= 11 is 0. The van der Waals surface area contributed by atoms with E-state index < -0.39 is 12.2 Å². The normalized spacial score (nSPS) is 19.3. The predicted octanol–water partition coefficient (Wildman–Crippen LogP) is 7.73. The Morgan fingerprint density at radius 1 is 0.870 bits per heavy atom. The van der Waals surface area contributed by atoms with Crippen LogP contribution in [0, 0.1) is 11.8 Å². The van der Waals surface area contributed by atoms with Crippen molar-refractivity contribution in [3.63, 3.8) is 0 Å². The highest BCUT2D eigenvalue weighted by Crippen LogP contribution is 2.29. The van der Waals surface area contributed by atoms with Crippen molar-refractivity contribution >= 4 is 11.7 Å². The second-order valence-corrected chi connectivity index (χ2v) is 11.9. The molecular formula is C38H47NO7. The van der Waals surface area contributed by atoms with Gasteiger partial charge < -0.3 is 28.5 Å². The molecule has 3 aromatic rings. The van der Waals surface area contributed by atoms with Crippen LogP contribution in [0.2, 0.25) is 0 Å². The molecular weight excluding hydrogens is 582 g/mol. The third kappa shape index (κ3) is 11.0. The van der Waals surface area contributed by atoms with E-state index >= 15 is 0 Å². The average Bonchev–Trinajstić information content (AvgIpc) is 3.08. The maximum Gasteiger partial charge on any atom is 0.306 e. The number of carbonyl (C=O) groups excluding carboxylic acids is 1. The first kappa shape index (κ1) is 34.7. The van der Waals surface area contributed by atoms with Crippen LogP contribution >= 0.6 is 0 Å². The van der Waals surface area contributed by atoms with Gasteiger partial charge in [0.1, 0.15) is 43.0 Å². The molecule has 8 heteroatoms. The van der Waals surface area contributed by atoms with Crippen molar-refractivity contribution in [3.8, 4) is 11.5 Å². The van der Waals surface area contributed by atoms with E-state index in [0.29, 0.717) is 31.3 Å². The van der Waals surface area contributed by atoms with Crippen molar-refractivity contribution in [2.24, 2.45) is 17.0 Å². The molecule has 3 aromatic carbocycles. The number of esters is 1. The number of methoxy groups -OCH3 is 1. The summed E-state index contributed by atoms with van der Waals surface area (Å²) in [6.07, 6.45) is 3.37. The van der Waals surface area contributed by atoms with Crippen molar-refractivity contribution in [3.05, 3.63) is 108 Å². The van der Waals surface area contributed by atoms with Gasteiger partial charge >= 0.3 is 5.97 Å². The maximum atomic E-state index is 12.7. The molecule has 0 N–H and O–H groups in total. The molecule has 0 spiro atoms. The van der Waals surface area contributed by atoms with E-state index in [9.17, 15) is 4.79 Å². The van der Waals surface area contributed by atoms with Gasteiger partial charge in [-0.25, -0.2) is 0 Å². The van der Waals surface area contributed by atoms with Crippen molar-refractivity contribution < 1.29 is 33.3 Å². The van der Waals surface area contributed by atoms with E-state index in [4.69, 9.17) is 28.5 Å². The lowest BCUT2D eigenvalue weighted by atomic mass is 9.95. The van der Waals surface area contributed by atoms with E-state index in [-0.39, 0.29) is 37.1 Å². The summed E-state index contributed by atoms with van der Waals surface area (Å²) in [5.74, 6) is 1.54. The lowest BCUT2D eigenvalue weighted by molar-refractivity contribution is -0.152. The lowest BCUT2D eigenvalue weighted by Gasteiger charge is -2.32. The van der Waals surface area contributed by atoms with Gasteiger partial charge in [-0.2, -0.15) is 0 Å². The molecule has 1 aliphatic rings. The molecule has 0 saturated carbocycles. The quantitative estimate of drug-likeness (QED) is 0.0654. The molecule has 5 atom stereocenters. The van der Waals surface area contributed by atoms with Crippen molar-refractivity contribution in [2.45, 2.75) is 71.6 Å². The van der Waals surface area contributed by atoms with E-state index in [1.807, 2.05) is 91.9 Å². The Balaban J connectivity index is 1.25. The molecule has 0 unspecified atom stereocenters. The third-order valence-corrected chi connectivity index (χ3v) is 7.78. The van der Waals surface area contributed by atoms with Crippen molar-refractivity contribution in [2.75, 3.05) is 20.3 Å². The van der Waals surface area contributed by atoms with Crippen LogP contribution in [-0.4, -0.2) is 50.3 Å². The monoisotopic (exact) mass is 629 g/mol. The van der Waals surface area contributed by atoms with Crippen molar-refractivity contribution in [1.82, 2.24) is 0 Å². The van der Waals surface area contributed by atoms with Gasteiger partial charge in [0.05, 0.1) is 32.0 Å². The zero-order valence-electron chi connectivity index (χ0n) is 27.5. The maximum absolute atomic E-state index is 12.7. The van der Waals surface area contributed by atoms with E-state index in [0.717, 1.165) is 22.6 Å². The molecule has 1 heterocycles. The second kappa shape index (κ2) is 18.1. The first-order valence-corrected chi connectivity index (χ1v) is 16.0. The fourth-order valence-corrected chi connectivity index (χ4v) is 5.25. The smallest absolute Gasteiger partial charge is 0.306 e. The highest BCUT2D eigenvalue weighted by molar-refractivity contribution is 5.85. The average molecular weight is 630 g/mol. The standard InChI is InChI=1S/C38H47NO7/c1-27(2)38(43-25-30-12-8-6-9-13-30)28(3)24-44-39-29(4)16-23-37(40)42-26-36-35(45-33-19-17-32(41-5)18-20-33)22-21-34(46-36)31-14-10-7-11-15-31/h6-15,17-22,27-28,34-36,38H,16,23-26H2,1-5H3/t28-,34+,35+,36+,38-/m1/s1. The molecule has 0 aromatic heterocycles. The van der Waals surface area contributed by atoms with Crippen LogP contribution in [0.1, 0.15) is 57.8 Å². The second-order valence-electron chi connectivity index (χ2n) is 11.9. The number of hydrogen-bond acceptors (Lipinski definition) is 8. The Labute approximate surface area is 273 Å². The number of carbonyl (C=O) groups is 1. The third-order valence-electron chi connectivity index (χ3n) is 7.78. The summed E-state index contributed by atoms with van der Waals surface area (Å²) in [7, 11) is 1.62. The number of benzene rings is 3. The topological polar surface area (TPSA) is 84.8 Å². The number of nitrogens with zero attached hydrogens (tertiary/aromatic N) is 1. The summed E-state index contributed by atoms with van der Waals surface area (Å²) in [6.45, 7) is 9.28. The van der Waals surface area contributed by atoms with Gasteiger partial charge in [0, 0.05) is 5.92 Å². The Hall–Kier alpha value is -4.14. The van der Waals surface area contributed by atoms with Crippen LogP contribution in [0.4, 0.5) is 0 Å². The summed E-state index contributed by atoms with van der Waals surface area (Å²) in [5, 5.41) is 4.25. The zero-order chi connectivity index (χ0) is 32.7. The van der Waals surface area contributed by atoms with Gasteiger partial charge in [-0.1, -0.05) is 92.7 Å². The van der Waals surface area contributed by atoms with Gasteiger partial charge in [0.25, 0.3) is 0 Å². The highest BCUT2D eigenvalue weighted by atomic mass is 16.6. The number of ether oxygens (including phenoxy) is 5. The summed E-state index contributed by atoms with van der Waals surface area (Å²) in [6, 6.07) is 27.4. The Kier molecular flexibility index (Phi) is 13.7. The predicted molar refractivity (Wildman–Crippen MR) is 179 cm³/mol. The largest absolute Gasteiger partial charge is 0.497 e. The van der Waals surface area contributed by atoms with E-state index in [1.54, 1.807) is 7.11 Å². The highest BCUT2D eigenvalue weighted by Gasteiger charge is 2.31. The first-order valence-electron chi connectivity index (χ1n) is 16.0. The first-order chi connectivity index (χ1) is 22.3. The van der Waals surface area contributed by atoms with Crippen LogP contribution in [0.5, 0.6) is 11.5 Å². The molecule has 46 heavy (non-hydrogen) atoms. The van der Waals surface area contributed by atoms with Gasteiger partial charge in [-0.15, -0.1) is 0 Å². The number of oxime groups is 1. The van der Waals surface area contributed by atoms with Crippen LogP contribution < -0.4 is 9.47 Å². The summed E-state index contributed by atoms with van der Waals surface area (Å²) in [4.78, 5) is 18.4. The van der Waals surface area contributed by atoms with E-state index in [2.05, 4.69) is 38.1 Å². The summed E-state index contributed by atoms with van der Waals surface area (Å²) < 4.78 is 29.7. The fourth-order valence-electron chi connectivity index (χ4n) is 5.25. The number of hydrogen-bond donors (Lipinski definition) is 0. The van der Waals surface area contributed by atoms with Crippen LogP contribution in [0.15, 0.2) is 102 Å². The van der Waals surface area contributed by atoms with Crippen molar-refractivity contribution in [1.29, 1.82) is 0 Å².